The zero-order chi connectivity index (χ0) is 20.0. The minimum absolute atomic E-state index is 0.0177. The first-order chi connectivity index (χ1) is 12.8. The van der Waals surface area contributed by atoms with E-state index in [9.17, 15) is 13.2 Å². The molecule has 1 fully saturated rings. The average Bonchev–Trinajstić information content (AvgIpc) is 2.64. The van der Waals surface area contributed by atoms with Gasteiger partial charge in [-0.2, -0.15) is 4.31 Å². The number of benzene rings is 1. The van der Waals surface area contributed by atoms with E-state index < -0.39 is 10.0 Å². The number of unbranched alkanes of at least 4 members (excludes halogenated alkanes) is 2. The number of hydrogen-bond acceptors (Lipinski definition) is 3. The third-order valence-corrected chi connectivity index (χ3v) is 7.58. The number of carbonyl (C=O) groups is 1. The van der Waals surface area contributed by atoms with E-state index in [1.54, 1.807) is 6.07 Å². The van der Waals surface area contributed by atoms with Crippen LogP contribution in [-0.2, 0) is 14.8 Å². The highest BCUT2D eigenvalue weighted by atomic mass is 35.5. The fourth-order valence-corrected chi connectivity index (χ4v) is 5.51. The summed E-state index contributed by atoms with van der Waals surface area (Å²) in [7, 11) is -3.72. The van der Waals surface area contributed by atoms with Crippen LogP contribution in [0, 0.1) is 5.92 Å². The third-order valence-electron chi connectivity index (χ3n) is 4.97. The van der Waals surface area contributed by atoms with Crippen LogP contribution in [0.15, 0.2) is 23.1 Å². The lowest BCUT2D eigenvalue weighted by Crippen LogP contribution is -2.44. The summed E-state index contributed by atoms with van der Waals surface area (Å²) in [6.45, 7) is 4.77. The van der Waals surface area contributed by atoms with Gasteiger partial charge in [0, 0.05) is 30.1 Å². The van der Waals surface area contributed by atoms with Crippen LogP contribution in [0.3, 0.4) is 0 Å². The number of nitrogens with zero attached hydrogens (tertiary/aromatic N) is 1. The highest BCUT2D eigenvalue weighted by molar-refractivity contribution is 7.89. The van der Waals surface area contributed by atoms with E-state index >= 15 is 0 Å². The normalized spacial score (nSPS) is 17.6. The van der Waals surface area contributed by atoms with Crippen molar-refractivity contribution in [2.45, 2.75) is 63.3 Å². The van der Waals surface area contributed by atoms with Crippen LogP contribution in [0.1, 0.15) is 52.4 Å². The van der Waals surface area contributed by atoms with Gasteiger partial charge in [-0.3, -0.25) is 4.79 Å². The summed E-state index contributed by atoms with van der Waals surface area (Å²) in [5.41, 5.74) is 0. The number of piperidine rings is 1. The maximum absolute atomic E-state index is 12.8. The van der Waals surface area contributed by atoms with Crippen LogP contribution < -0.4 is 5.32 Å². The van der Waals surface area contributed by atoms with E-state index in [4.69, 9.17) is 23.2 Å². The monoisotopic (exact) mass is 434 g/mol. The smallest absolute Gasteiger partial charge is 0.244 e. The van der Waals surface area contributed by atoms with Crippen molar-refractivity contribution in [3.63, 3.8) is 0 Å². The van der Waals surface area contributed by atoms with Crippen molar-refractivity contribution in [2.24, 2.45) is 5.92 Å². The van der Waals surface area contributed by atoms with Gasteiger partial charge in [-0.1, -0.05) is 49.4 Å². The molecule has 0 spiro atoms. The van der Waals surface area contributed by atoms with Crippen molar-refractivity contribution in [2.75, 3.05) is 13.1 Å². The quantitative estimate of drug-likeness (QED) is 0.613. The van der Waals surface area contributed by atoms with Gasteiger partial charge in [0.2, 0.25) is 15.9 Å². The van der Waals surface area contributed by atoms with Crippen LogP contribution in [0.2, 0.25) is 10.0 Å². The van der Waals surface area contributed by atoms with E-state index in [0.717, 1.165) is 19.3 Å². The van der Waals surface area contributed by atoms with Crippen LogP contribution in [0.5, 0.6) is 0 Å². The van der Waals surface area contributed by atoms with Crippen molar-refractivity contribution >= 4 is 39.1 Å². The van der Waals surface area contributed by atoms with Gasteiger partial charge in [0.25, 0.3) is 0 Å². The number of hydrogen-bond donors (Lipinski definition) is 1. The SMILES string of the molecule is CCCCCC(C)NC(=O)C1CCN(S(=O)(=O)c2cc(Cl)ccc2Cl)CC1. The van der Waals surface area contributed by atoms with Gasteiger partial charge in [-0.15, -0.1) is 0 Å². The summed E-state index contributed by atoms with van der Waals surface area (Å²) in [5.74, 6) is -0.128. The molecule has 0 radical (unpaired) electrons. The molecule has 1 aliphatic heterocycles. The molecule has 1 aromatic carbocycles. The van der Waals surface area contributed by atoms with Gasteiger partial charge in [-0.25, -0.2) is 8.42 Å². The molecular formula is C19H28Cl2N2O3S. The molecule has 1 aliphatic rings. The fourth-order valence-electron chi connectivity index (χ4n) is 3.31. The summed E-state index contributed by atoms with van der Waals surface area (Å²) in [6, 6.07) is 4.56. The van der Waals surface area contributed by atoms with Crippen LogP contribution in [-0.4, -0.2) is 37.8 Å². The Labute approximate surface area is 172 Å². The van der Waals surface area contributed by atoms with E-state index in [1.807, 2.05) is 6.92 Å². The molecule has 5 nitrogen and oxygen atoms in total. The Bertz CT molecular complexity index is 747. The molecule has 1 N–H and O–H groups in total. The molecule has 0 aromatic heterocycles. The Morgan fingerprint density at radius 1 is 1.26 bits per heavy atom. The fraction of sp³-hybridized carbons (Fsp3) is 0.632. The number of rotatable bonds is 8. The molecule has 27 heavy (non-hydrogen) atoms. The first-order valence-electron chi connectivity index (χ1n) is 9.51. The predicted octanol–water partition coefficient (Wildman–Crippen LogP) is 4.48. The summed E-state index contributed by atoms with van der Waals surface area (Å²) in [4.78, 5) is 12.5. The first kappa shape index (κ1) is 22.5. The second kappa shape index (κ2) is 10.1. The van der Waals surface area contributed by atoms with Crippen molar-refractivity contribution < 1.29 is 13.2 Å². The Morgan fingerprint density at radius 3 is 2.56 bits per heavy atom. The molecule has 1 amide bonds. The molecule has 1 aromatic rings. The lowest BCUT2D eigenvalue weighted by Gasteiger charge is -2.31. The Balaban J connectivity index is 1.92. The van der Waals surface area contributed by atoms with Gasteiger partial charge in [-0.05, 0) is 44.4 Å². The van der Waals surface area contributed by atoms with E-state index in [0.29, 0.717) is 31.0 Å². The molecule has 0 aliphatic carbocycles. The predicted molar refractivity (Wildman–Crippen MR) is 110 cm³/mol. The van der Waals surface area contributed by atoms with Gasteiger partial charge in [0.05, 0.1) is 5.02 Å². The summed E-state index contributed by atoms with van der Waals surface area (Å²) >= 11 is 12.0. The van der Waals surface area contributed by atoms with Gasteiger partial charge < -0.3 is 5.32 Å². The Hall–Kier alpha value is -0.820. The molecule has 2 rings (SSSR count). The molecule has 1 heterocycles. The van der Waals surface area contributed by atoms with E-state index in [1.165, 1.54) is 22.9 Å². The summed E-state index contributed by atoms with van der Waals surface area (Å²) < 4.78 is 27.1. The van der Waals surface area contributed by atoms with Gasteiger partial charge >= 0.3 is 0 Å². The molecule has 1 unspecified atom stereocenters. The molecule has 152 valence electrons. The summed E-state index contributed by atoms with van der Waals surface area (Å²) in [6.07, 6.45) is 5.41. The zero-order valence-electron chi connectivity index (χ0n) is 15.9. The van der Waals surface area contributed by atoms with Gasteiger partial charge in [0.15, 0.2) is 0 Å². The number of amides is 1. The molecule has 8 heteroatoms. The highest BCUT2D eigenvalue weighted by Crippen LogP contribution is 2.30. The third kappa shape index (κ3) is 6.08. The van der Waals surface area contributed by atoms with Crippen molar-refractivity contribution in [3.8, 4) is 0 Å². The lowest BCUT2D eigenvalue weighted by atomic mass is 9.96. The molecule has 1 saturated heterocycles. The first-order valence-corrected chi connectivity index (χ1v) is 11.7. The second-order valence-corrected chi connectivity index (χ2v) is 9.91. The van der Waals surface area contributed by atoms with Crippen molar-refractivity contribution in [1.82, 2.24) is 9.62 Å². The van der Waals surface area contributed by atoms with E-state index in [-0.39, 0.29) is 27.8 Å². The topological polar surface area (TPSA) is 66.5 Å². The molecule has 0 saturated carbocycles. The molecular weight excluding hydrogens is 407 g/mol. The number of halogens is 2. The number of carbonyl (C=O) groups excluding carboxylic acids is 1. The minimum Gasteiger partial charge on any atom is -0.353 e. The average molecular weight is 435 g/mol. The van der Waals surface area contributed by atoms with Crippen LogP contribution >= 0.6 is 23.2 Å². The standard InChI is InChI=1S/C19H28Cl2N2O3S/c1-3-4-5-6-14(2)22-19(24)15-9-11-23(12-10-15)27(25,26)18-13-16(20)7-8-17(18)21/h7-8,13-15H,3-6,9-12H2,1-2H3,(H,22,24). The molecule has 0 bridgehead atoms. The van der Waals surface area contributed by atoms with Crippen LogP contribution in [0.4, 0.5) is 0 Å². The number of nitrogens with one attached hydrogen (secondary N) is 1. The van der Waals surface area contributed by atoms with E-state index in [2.05, 4.69) is 12.2 Å². The minimum atomic E-state index is -3.72. The largest absolute Gasteiger partial charge is 0.353 e. The number of sulfonamides is 1. The maximum atomic E-state index is 12.8. The van der Waals surface area contributed by atoms with Crippen LogP contribution in [0.25, 0.3) is 0 Å². The Morgan fingerprint density at radius 2 is 1.93 bits per heavy atom. The maximum Gasteiger partial charge on any atom is 0.244 e. The summed E-state index contributed by atoms with van der Waals surface area (Å²) in [5, 5.41) is 3.54. The highest BCUT2D eigenvalue weighted by Gasteiger charge is 2.33. The van der Waals surface area contributed by atoms with Crippen molar-refractivity contribution in [1.29, 1.82) is 0 Å². The zero-order valence-corrected chi connectivity index (χ0v) is 18.2. The van der Waals surface area contributed by atoms with Gasteiger partial charge in [0.1, 0.15) is 4.90 Å². The van der Waals surface area contributed by atoms with Crippen molar-refractivity contribution in [3.05, 3.63) is 28.2 Å². The molecule has 1 atom stereocenters. The Kier molecular flexibility index (Phi) is 8.40. The lowest BCUT2D eigenvalue weighted by molar-refractivity contribution is -0.126. The second-order valence-electron chi connectivity index (χ2n) is 7.16.